The number of para-hydroxylation sites is 1. The molecule has 7 nitrogen and oxygen atoms in total. The molecule has 116 valence electrons. The minimum absolute atomic E-state index is 0.115. The third-order valence-electron chi connectivity index (χ3n) is 2.66. The highest BCUT2D eigenvalue weighted by atomic mass is 16.5. The number of rotatable bonds is 7. The van der Waals surface area contributed by atoms with Gasteiger partial charge in [0.2, 0.25) is 0 Å². The molecule has 0 saturated carbocycles. The molecule has 1 aromatic carbocycles. The highest BCUT2D eigenvalue weighted by Crippen LogP contribution is 2.16. The van der Waals surface area contributed by atoms with E-state index in [9.17, 15) is 9.59 Å². The summed E-state index contributed by atoms with van der Waals surface area (Å²) in [6.45, 7) is 0.649. The average molecular weight is 303 g/mol. The molecule has 1 amide bonds. The van der Waals surface area contributed by atoms with Crippen LogP contribution in [0.3, 0.4) is 0 Å². The monoisotopic (exact) mass is 303 g/mol. The highest BCUT2D eigenvalue weighted by Gasteiger charge is 2.12. The molecule has 0 bridgehead atoms. The second kappa shape index (κ2) is 9.15. The van der Waals surface area contributed by atoms with Crippen molar-refractivity contribution in [3.8, 4) is 6.07 Å². The summed E-state index contributed by atoms with van der Waals surface area (Å²) in [5.41, 5.74) is 0.626. The van der Waals surface area contributed by atoms with Crippen molar-refractivity contribution in [1.29, 1.82) is 5.26 Å². The predicted octanol–water partition coefficient (Wildman–Crippen LogP) is 1.06. The standard InChI is InChI=1S/C15H17N3O4/c1-21-8-7-17-14(19)11(9-16)10-18-13-6-4-3-5-12(13)15(20)22-2/h3-6,10,18H,7-8H2,1-2H3,(H,17,19)/b11-10-. The molecular weight excluding hydrogens is 286 g/mol. The highest BCUT2D eigenvalue weighted by molar-refractivity contribution is 5.98. The van der Waals surface area contributed by atoms with E-state index < -0.39 is 11.9 Å². The van der Waals surface area contributed by atoms with Crippen LogP contribution >= 0.6 is 0 Å². The summed E-state index contributed by atoms with van der Waals surface area (Å²) in [5, 5.41) is 14.3. The van der Waals surface area contributed by atoms with Gasteiger partial charge < -0.3 is 20.1 Å². The van der Waals surface area contributed by atoms with Crippen LogP contribution in [0.2, 0.25) is 0 Å². The molecule has 0 aliphatic heterocycles. The lowest BCUT2D eigenvalue weighted by atomic mass is 10.2. The van der Waals surface area contributed by atoms with Gasteiger partial charge in [-0.15, -0.1) is 0 Å². The molecule has 0 spiro atoms. The van der Waals surface area contributed by atoms with Gasteiger partial charge in [-0.3, -0.25) is 4.79 Å². The first kappa shape index (κ1) is 17.2. The SMILES string of the molecule is COCCNC(=O)/C(C#N)=C\Nc1ccccc1C(=O)OC. The Morgan fingerprint density at radius 1 is 1.32 bits per heavy atom. The van der Waals surface area contributed by atoms with Crippen LogP contribution in [0.15, 0.2) is 36.0 Å². The fourth-order valence-corrected chi connectivity index (χ4v) is 1.56. The van der Waals surface area contributed by atoms with Crippen molar-refractivity contribution in [1.82, 2.24) is 5.32 Å². The van der Waals surface area contributed by atoms with E-state index in [1.807, 2.05) is 0 Å². The van der Waals surface area contributed by atoms with Gasteiger partial charge >= 0.3 is 5.97 Å². The molecule has 22 heavy (non-hydrogen) atoms. The van der Waals surface area contributed by atoms with E-state index in [-0.39, 0.29) is 5.57 Å². The Hall–Kier alpha value is -2.85. The zero-order valence-corrected chi connectivity index (χ0v) is 12.4. The normalized spacial score (nSPS) is 10.5. The fraction of sp³-hybridized carbons (Fsp3) is 0.267. The Kier molecular flexibility index (Phi) is 7.16. The third kappa shape index (κ3) is 4.92. The van der Waals surface area contributed by atoms with Gasteiger partial charge in [-0.1, -0.05) is 12.1 Å². The number of nitrogens with zero attached hydrogens (tertiary/aromatic N) is 1. The summed E-state index contributed by atoms with van der Waals surface area (Å²) in [4.78, 5) is 23.4. The number of hydrogen-bond donors (Lipinski definition) is 2. The number of nitriles is 1. The lowest BCUT2D eigenvalue weighted by Gasteiger charge is -2.08. The fourth-order valence-electron chi connectivity index (χ4n) is 1.56. The third-order valence-corrected chi connectivity index (χ3v) is 2.66. The van der Waals surface area contributed by atoms with Crippen LogP contribution in [-0.2, 0) is 14.3 Å². The van der Waals surface area contributed by atoms with E-state index in [2.05, 4.69) is 15.4 Å². The summed E-state index contributed by atoms with van der Waals surface area (Å²) in [6.07, 6.45) is 1.24. The van der Waals surface area contributed by atoms with Gasteiger partial charge in [-0.25, -0.2) is 4.79 Å². The summed E-state index contributed by atoms with van der Waals surface area (Å²) < 4.78 is 9.47. The van der Waals surface area contributed by atoms with Crippen molar-refractivity contribution in [3.63, 3.8) is 0 Å². The number of esters is 1. The summed E-state index contributed by atoms with van der Waals surface area (Å²) in [7, 11) is 2.79. The van der Waals surface area contributed by atoms with Gasteiger partial charge in [0.05, 0.1) is 25.0 Å². The van der Waals surface area contributed by atoms with E-state index in [0.717, 1.165) is 0 Å². The Balaban J connectivity index is 2.83. The number of anilines is 1. The van der Waals surface area contributed by atoms with E-state index in [1.165, 1.54) is 20.4 Å². The molecule has 0 radical (unpaired) electrons. The number of carbonyl (C=O) groups is 2. The lowest BCUT2D eigenvalue weighted by Crippen LogP contribution is -2.28. The van der Waals surface area contributed by atoms with Crippen molar-refractivity contribution >= 4 is 17.6 Å². The van der Waals surface area contributed by atoms with Crippen LogP contribution < -0.4 is 10.6 Å². The maximum absolute atomic E-state index is 11.8. The number of hydrogen-bond acceptors (Lipinski definition) is 6. The average Bonchev–Trinajstić information content (AvgIpc) is 2.55. The zero-order chi connectivity index (χ0) is 16.4. The first-order chi connectivity index (χ1) is 10.6. The van der Waals surface area contributed by atoms with Gasteiger partial charge in [0.15, 0.2) is 0 Å². The Labute approximate surface area is 128 Å². The second-order valence-corrected chi connectivity index (χ2v) is 4.10. The van der Waals surface area contributed by atoms with Gasteiger partial charge in [0.1, 0.15) is 11.6 Å². The molecule has 1 aromatic rings. The molecule has 0 unspecified atom stereocenters. The minimum atomic E-state index is -0.525. The van der Waals surface area contributed by atoms with Crippen LogP contribution in [0.5, 0.6) is 0 Å². The molecule has 0 atom stereocenters. The molecule has 1 rings (SSSR count). The van der Waals surface area contributed by atoms with E-state index in [1.54, 1.807) is 30.3 Å². The van der Waals surface area contributed by atoms with E-state index in [4.69, 9.17) is 10.00 Å². The van der Waals surface area contributed by atoms with Crippen molar-refractivity contribution in [2.75, 3.05) is 32.7 Å². The van der Waals surface area contributed by atoms with Crippen molar-refractivity contribution in [2.45, 2.75) is 0 Å². The summed E-state index contributed by atoms with van der Waals surface area (Å²) in [5.74, 6) is -1.04. The molecule has 0 aromatic heterocycles. The molecule has 0 aliphatic rings. The first-order valence-electron chi connectivity index (χ1n) is 6.45. The summed E-state index contributed by atoms with van der Waals surface area (Å²) >= 11 is 0. The number of nitrogens with one attached hydrogen (secondary N) is 2. The molecule has 0 saturated heterocycles. The topological polar surface area (TPSA) is 100 Å². The van der Waals surface area contributed by atoms with Gasteiger partial charge in [-0.2, -0.15) is 5.26 Å². The maximum Gasteiger partial charge on any atom is 0.339 e. The van der Waals surface area contributed by atoms with Crippen molar-refractivity contribution in [3.05, 3.63) is 41.6 Å². The van der Waals surface area contributed by atoms with Gasteiger partial charge in [-0.05, 0) is 12.1 Å². The smallest absolute Gasteiger partial charge is 0.339 e. The Morgan fingerprint density at radius 3 is 2.68 bits per heavy atom. The number of methoxy groups -OCH3 is 2. The van der Waals surface area contributed by atoms with Crippen LogP contribution in [0.4, 0.5) is 5.69 Å². The molecule has 7 heteroatoms. The van der Waals surface area contributed by atoms with Crippen LogP contribution in [-0.4, -0.2) is 39.2 Å². The second-order valence-electron chi connectivity index (χ2n) is 4.10. The van der Waals surface area contributed by atoms with Crippen LogP contribution in [0.25, 0.3) is 0 Å². The zero-order valence-electron chi connectivity index (χ0n) is 12.4. The first-order valence-corrected chi connectivity index (χ1v) is 6.45. The number of amides is 1. The van der Waals surface area contributed by atoms with Crippen molar-refractivity contribution in [2.24, 2.45) is 0 Å². The number of carbonyl (C=O) groups excluding carboxylic acids is 2. The Morgan fingerprint density at radius 2 is 2.05 bits per heavy atom. The van der Waals surface area contributed by atoms with Crippen molar-refractivity contribution < 1.29 is 19.1 Å². The van der Waals surface area contributed by atoms with E-state index >= 15 is 0 Å². The summed E-state index contributed by atoms with van der Waals surface area (Å²) in [6, 6.07) is 8.41. The van der Waals surface area contributed by atoms with Crippen LogP contribution in [0, 0.1) is 11.3 Å². The predicted molar refractivity (Wildman–Crippen MR) is 80.0 cm³/mol. The largest absolute Gasteiger partial charge is 0.465 e. The van der Waals surface area contributed by atoms with Crippen LogP contribution in [0.1, 0.15) is 10.4 Å². The minimum Gasteiger partial charge on any atom is -0.465 e. The van der Waals surface area contributed by atoms with Gasteiger partial charge in [0, 0.05) is 19.9 Å². The number of benzene rings is 1. The number of ether oxygens (including phenoxy) is 2. The molecule has 2 N–H and O–H groups in total. The molecule has 0 aliphatic carbocycles. The molecule has 0 fully saturated rings. The lowest BCUT2D eigenvalue weighted by molar-refractivity contribution is -0.117. The van der Waals surface area contributed by atoms with Gasteiger partial charge in [0.25, 0.3) is 5.91 Å². The molecule has 0 heterocycles. The molecular formula is C15H17N3O4. The van der Waals surface area contributed by atoms with E-state index in [0.29, 0.717) is 24.4 Å². The Bertz CT molecular complexity index is 605. The quantitative estimate of drug-likeness (QED) is 0.338. The maximum atomic E-state index is 11.8.